The number of carbonyl (C=O) groups excluding carboxylic acids is 4. The number of thiophene rings is 1. The topological polar surface area (TPSA) is 105 Å². The van der Waals surface area contributed by atoms with Gasteiger partial charge in [-0.25, -0.2) is 9.59 Å². The Balaban J connectivity index is 1.63. The van der Waals surface area contributed by atoms with Crippen LogP contribution in [0.3, 0.4) is 0 Å². The molecule has 8 nitrogen and oxygen atoms in total. The molecule has 0 radical (unpaired) electrons. The van der Waals surface area contributed by atoms with Gasteiger partial charge in [-0.15, -0.1) is 11.3 Å². The molecule has 1 aliphatic rings. The van der Waals surface area contributed by atoms with Gasteiger partial charge >= 0.3 is 12.0 Å². The van der Waals surface area contributed by atoms with Gasteiger partial charge in [-0.05, 0) is 36.6 Å². The molecule has 27 heavy (non-hydrogen) atoms. The van der Waals surface area contributed by atoms with Crippen LogP contribution in [0.15, 0.2) is 41.8 Å². The van der Waals surface area contributed by atoms with Crippen molar-refractivity contribution in [2.75, 3.05) is 18.4 Å². The molecule has 4 amide bonds. The highest BCUT2D eigenvalue weighted by molar-refractivity contribution is 7.12. The van der Waals surface area contributed by atoms with Crippen molar-refractivity contribution in [1.82, 2.24) is 10.2 Å². The third-order valence-electron chi connectivity index (χ3n) is 3.86. The monoisotopic (exact) mass is 387 g/mol. The number of benzene rings is 1. The number of amides is 4. The van der Waals surface area contributed by atoms with Crippen molar-refractivity contribution in [2.45, 2.75) is 13.0 Å². The lowest BCUT2D eigenvalue weighted by atomic mass is 10.2. The van der Waals surface area contributed by atoms with Crippen molar-refractivity contribution in [3.63, 3.8) is 0 Å². The Morgan fingerprint density at radius 1 is 1.26 bits per heavy atom. The maximum Gasteiger partial charge on any atom is 0.338 e. The number of hydrogen-bond donors (Lipinski definition) is 2. The van der Waals surface area contributed by atoms with Gasteiger partial charge in [-0.3, -0.25) is 14.5 Å². The van der Waals surface area contributed by atoms with Crippen molar-refractivity contribution in [2.24, 2.45) is 0 Å². The van der Waals surface area contributed by atoms with Crippen LogP contribution >= 0.6 is 11.3 Å². The van der Waals surface area contributed by atoms with Crippen LogP contribution in [0.4, 0.5) is 10.5 Å². The van der Waals surface area contributed by atoms with Crippen molar-refractivity contribution < 1.29 is 23.9 Å². The Bertz CT molecular complexity index is 881. The second kappa shape index (κ2) is 8.00. The molecule has 0 saturated carbocycles. The van der Waals surface area contributed by atoms with Crippen LogP contribution in [0.2, 0.25) is 0 Å². The molecule has 140 valence electrons. The summed E-state index contributed by atoms with van der Waals surface area (Å²) in [4.78, 5) is 49.7. The van der Waals surface area contributed by atoms with Gasteiger partial charge in [0.25, 0.3) is 11.8 Å². The third kappa shape index (κ3) is 4.32. The van der Waals surface area contributed by atoms with E-state index in [1.165, 1.54) is 30.4 Å². The zero-order valence-corrected chi connectivity index (χ0v) is 15.2. The first-order valence-corrected chi connectivity index (χ1v) is 9.09. The average molecular weight is 387 g/mol. The zero-order valence-electron chi connectivity index (χ0n) is 14.4. The molecule has 1 saturated heterocycles. The molecular formula is C18H17N3O5S. The van der Waals surface area contributed by atoms with E-state index in [9.17, 15) is 19.2 Å². The Morgan fingerprint density at radius 3 is 2.74 bits per heavy atom. The minimum absolute atomic E-state index is 0.185. The van der Waals surface area contributed by atoms with E-state index in [1.807, 2.05) is 0 Å². The van der Waals surface area contributed by atoms with E-state index in [2.05, 4.69) is 10.6 Å². The molecular weight excluding hydrogens is 370 g/mol. The van der Waals surface area contributed by atoms with Crippen LogP contribution in [0.1, 0.15) is 27.0 Å². The highest BCUT2D eigenvalue weighted by Crippen LogP contribution is 2.16. The van der Waals surface area contributed by atoms with E-state index in [0.717, 1.165) is 4.90 Å². The maximum absolute atomic E-state index is 12.3. The molecule has 0 unspecified atom stereocenters. The molecule has 3 rings (SSSR count). The number of nitrogens with one attached hydrogen (secondary N) is 2. The molecule has 1 aliphatic heterocycles. The molecule has 0 spiro atoms. The molecule has 1 aromatic carbocycles. The Kier molecular flexibility index (Phi) is 5.51. The highest BCUT2D eigenvalue weighted by Gasteiger charge is 2.31. The molecule has 1 fully saturated rings. The predicted molar refractivity (Wildman–Crippen MR) is 98.7 cm³/mol. The summed E-state index contributed by atoms with van der Waals surface area (Å²) in [5.41, 5.74) is 0.616. The third-order valence-corrected chi connectivity index (χ3v) is 4.72. The largest absolute Gasteiger partial charge is 0.449 e. The predicted octanol–water partition coefficient (Wildman–Crippen LogP) is 2.10. The van der Waals surface area contributed by atoms with Crippen molar-refractivity contribution in [3.05, 3.63) is 52.2 Å². The van der Waals surface area contributed by atoms with Crippen LogP contribution in [-0.4, -0.2) is 47.9 Å². The van der Waals surface area contributed by atoms with Gasteiger partial charge in [0.15, 0.2) is 6.10 Å². The molecule has 0 aliphatic carbocycles. The van der Waals surface area contributed by atoms with Gasteiger partial charge in [0.05, 0.1) is 10.4 Å². The fraction of sp³-hybridized carbons (Fsp3) is 0.222. The number of imide groups is 1. The summed E-state index contributed by atoms with van der Waals surface area (Å²) in [6, 6.07) is 9.19. The number of urea groups is 1. The highest BCUT2D eigenvalue weighted by atomic mass is 32.1. The number of hydrogen-bond acceptors (Lipinski definition) is 6. The summed E-state index contributed by atoms with van der Waals surface area (Å²) in [6.45, 7) is 2.02. The summed E-state index contributed by atoms with van der Waals surface area (Å²) in [7, 11) is 0. The standard InChI is InChI=1S/C18H17N3O5S/c1-11(16(23)21-8-7-19-18(21)25)26-17(24)12-4-2-5-13(10-12)20-15(22)14-6-3-9-27-14/h2-6,9-11H,7-8H2,1H3,(H,19,25)(H,20,22)/t11-/m1/s1. The molecule has 2 aromatic rings. The molecule has 2 N–H and O–H groups in total. The van der Waals surface area contributed by atoms with Gasteiger partial charge in [-0.1, -0.05) is 12.1 Å². The number of rotatable bonds is 5. The number of esters is 1. The van der Waals surface area contributed by atoms with Crippen LogP contribution in [-0.2, 0) is 9.53 Å². The van der Waals surface area contributed by atoms with E-state index < -0.39 is 24.0 Å². The summed E-state index contributed by atoms with van der Waals surface area (Å²) in [6.07, 6.45) is -1.11. The van der Waals surface area contributed by atoms with Crippen LogP contribution in [0.5, 0.6) is 0 Å². The second-order valence-electron chi connectivity index (χ2n) is 5.78. The first-order valence-electron chi connectivity index (χ1n) is 8.21. The molecule has 1 aromatic heterocycles. The summed E-state index contributed by atoms with van der Waals surface area (Å²) >= 11 is 1.31. The van der Waals surface area contributed by atoms with Gasteiger partial charge < -0.3 is 15.4 Å². The van der Waals surface area contributed by atoms with E-state index in [1.54, 1.807) is 29.6 Å². The first kappa shape index (κ1) is 18.6. The number of ether oxygens (including phenoxy) is 1. The van der Waals surface area contributed by atoms with Gasteiger partial charge in [0.2, 0.25) is 0 Å². The summed E-state index contributed by atoms with van der Waals surface area (Å²) < 4.78 is 5.17. The lowest BCUT2D eigenvalue weighted by Crippen LogP contribution is -2.41. The average Bonchev–Trinajstić information content (AvgIpc) is 3.33. The van der Waals surface area contributed by atoms with E-state index >= 15 is 0 Å². The van der Waals surface area contributed by atoms with Crippen molar-refractivity contribution in [3.8, 4) is 0 Å². The fourth-order valence-electron chi connectivity index (χ4n) is 2.50. The van der Waals surface area contributed by atoms with Gasteiger partial charge in [0.1, 0.15) is 0 Å². The van der Waals surface area contributed by atoms with E-state index in [-0.39, 0.29) is 18.0 Å². The Morgan fingerprint density at radius 2 is 2.07 bits per heavy atom. The first-order chi connectivity index (χ1) is 13.0. The number of carbonyl (C=O) groups is 4. The molecule has 1 atom stereocenters. The molecule has 2 heterocycles. The van der Waals surface area contributed by atoms with Crippen LogP contribution in [0, 0.1) is 0 Å². The lowest BCUT2D eigenvalue weighted by molar-refractivity contribution is -0.136. The van der Waals surface area contributed by atoms with E-state index in [0.29, 0.717) is 17.1 Å². The van der Waals surface area contributed by atoms with Crippen molar-refractivity contribution in [1.29, 1.82) is 0 Å². The second-order valence-corrected chi connectivity index (χ2v) is 6.73. The SMILES string of the molecule is C[C@@H](OC(=O)c1cccc(NC(=O)c2cccs2)c1)C(=O)N1CCNC1=O. The van der Waals surface area contributed by atoms with Gasteiger partial charge in [-0.2, -0.15) is 0 Å². The van der Waals surface area contributed by atoms with Gasteiger partial charge in [0, 0.05) is 18.8 Å². The molecule has 9 heteroatoms. The zero-order chi connectivity index (χ0) is 19.4. The van der Waals surface area contributed by atoms with Crippen molar-refractivity contribution >= 4 is 40.8 Å². The Labute approximate surface area is 159 Å². The smallest absolute Gasteiger partial charge is 0.338 e. The minimum Gasteiger partial charge on any atom is -0.449 e. The molecule has 0 bridgehead atoms. The summed E-state index contributed by atoms with van der Waals surface area (Å²) in [5.74, 6) is -1.58. The van der Waals surface area contributed by atoms with E-state index in [4.69, 9.17) is 4.74 Å². The fourth-order valence-corrected chi connectivity index (χ4v) is 3.12. The minimum atomic E-state index is -1.11. The van der Waals surface area contributed by atoms with Crippen LogP contribution in [0.25, 0.3) is 0 Å². The maximum atomic E-state index is 12.3. The lowest BCUT2D eigenvalue weighted by Gasteiger charge is -2.18. The summed E-state index contributed by atoms with van der Waals surface area (Å²) in [5, 5.41) is 7.01. The Hall–Kier alpha value is -3.20. The van der Waals surface area contributed by atoms with Crippen LogP contribution < -0.4 is 10.6 Å². The number of nitrogens with zero attached hydrogens (tertiary/aromatic N) is 1. The normalized spacial score (nSPS) is 14.4. The quantitative estimate of drug-likeness (QED) is 0.765. The number of anilines is 1.